The molecule has 4 aliphatic heterocycles. The third-order valence-electron chi connectivity index (χ3n) is 20.9. The van der Waals surface area contributed by atoms with Gasteiger partial charge in [-0.2, -0.15) is 0 Å². The molecule has 5 heterocycles. The summed E-state index contributed by atoms with van der Waals surface area (Å²) in [6.07, 6.45) is 0. The SMILES string of the molecule is Cc1cc(C)c(N(c2ccccc2)c2cc3c4c(c2)N(c2c(C)cc(C)cc2C)c2ccccc2B4c2cc4c(cc2N3c2ccccc2)N(c2ccccc2-c2cccc3oc5ccccc5c23)c2cc(N(c3ccccc3)c3ccccc3)cc3c2B4c2ccccc2O3)c(C)c1. The van der Waals surface area contributed by atoms with Crippen molar-refractivity contribution in [2.45, 2.75) is 41.5 Å². The van der Waals surface area contributed by atoms with Gasteiger partial charge in [0.1, 0.15) is 22.7 Å². The van der Waals surface area contributed by atoms with Crippen LogP contribution in [0.2, 0.25) is 0 Å². The Bertz CT molecular complexity index is 5710. The van der Waals surface area contributed by atoms with E-state index in [1.54, 1.807) is 0 Å². The van der Waals surface area contributed by atoms with Gasteiger partial charge in [0.2, 0.25) is 0 Å². The number of aryl methyl sites for hydroxylation is 6. The van der Waals surface area contributed by atoms with Crippen LogP contribution in [0.5, 0.6) is 11.5 Å². The minimum Gasteiger partial charge on any atom is -0.458 e. The number of rotatable bonds is 10. The van der Waals surface area contributed by atoms with Gasteiger partial charge >= 0.3 is 0 Å². The molecule has 0 saturated heterocycles. The largest absolute Gasteiger partial charge is 0.458 e. The fourth-order valence-corrected chi connectivity index (χ4v) is 17.3. The zero-order chi connectivity index (χ0) is 66.3. The zero-order valence-corrected chi connectivity index (χ0v) is 56.0. The number of nitrogens with zero attached hydrogens (tertiary/aromatic N) is 5. The molecule has 19 rings (SSSR count). The van der Waals surface area contributed by atoms with Crippen LogP contribution in [0.15, 0.2) is 302 Å². The molecule has 0 fully saturated rings. The quantitative estimate of drug-likeness (QED) is 0.126. The van der Waals surface area contributed by atoms with Crippen LogP contribution in [0.3, 0.4) is 0 Å². The van der Waals surface area contributed by atoms with Crippen LogP contribution in [-0.4, -0.2) is 13.4 Å². The van der Waals surface area contributed by atoms with Crippen molar-refractivity contribution in [2.75, 3.05) is 24.5 Å². The van der Waals surface area contributed by atoms with Crippen molar-refractivity contribution in [3.05, 3.63) is 331 Å². The van der Waals surface area contributed by atoms with Crippen molar-refractivity contribution >= 4 is 153 Å². The summed E-state index contributed by atoms with van der Waals surface area (Å²) >= 11 is 0. The molecular weight excluding hydrogens is 1200 g/mol. The maximum Gasteiger partial charge on any atom is 0.256 e. The number of benzene rings is 14. The molecule has 0 unspecified atom stereocenters. The highest BCUT2D eigenvalue weighted by Crippen LogP contribution is 2.54. The zero-order valence-electron chi connectivity index (χ0n) is 56.0. The van der Waals surface area contributed by atoms with Gasteiger partial charge in [-0.15, -0.1) is 0 Å². The molecule has 0 atom stereocenters. The van der Waals surface area contributed by atoms with Crippen molar-refractivity contribution < 1.29 is 9.15 Å². The minimum absolute atomic E-state index is 0.216. The molecule has 0 spiro atoms. The van der Waals surface area contributed by atoms with Gasteiger partial charge in [0.15, 0.2) is 0 Å². The lowest BCUT2D eigenvalue weighted by atomic mass is 9.30. The van der Waals surface area contributed by atoms with Crippen LogP contribution in [0.1, 0.15) is 33.4 Å². The van der Waals surface area contributed by atoms with Crippen LogP contribution in [0, 0.1) is 41.5 Å². The standard InChI is InChI=1S/C90H67B2N5O2/c1-56-46-58(3)89(59(4)47-56)94(64-32-15-9-16-33-64)66-50-79-87-80(51-66)97(90-60(5)48-57(2)49-61(90)6)76-42-24-21-39-71(76)91(87)73-54-74-78(55-77(73)95(79)65-34-17-10-18-35-65)96(75-41-23-19-36-68(75)69-38-27-45-84-86(69)70-37-20-25-43-82(70)98-84)81-52-67(53-85-88(81)92(74)72-40-22-26-44-83(72)99-85)93(62-28-11-7-12-29-62)63-30-13-8-14-31-63/h7-55H,1-6H3. The molecule has 4 aliphatic rings. The minimum atomic E-state index is -0.247. The lowest BCUT2D eigenvalue weighted by Gasteiger charge is -2.47. The molecule has 9 heteroatoms. The molecule has 0 bridgehead atoms. The summed E-state index contributed by atoms with van der Waals surface area (Å²) in [7, 11) is 0. The number of anilines is 15. The van der Waals surface area contributed by atoms with E-state index in [-0.39, 0.29) is 13.4 Å². The predicted molar refractivity (Wildman–Crippen MR) is 417 cm³/mol. The third kappa shape index (κ3) is 9.07. The predicted octanol–water partition coefficient (Wildman–Crippen LogP) is 20.5. The van der Waals surface area contributed by atoms with E-state index in [0.29, 0.717) is 0 Å². The second-order valence-corrected chi connectivity index (χ2v) is 27.1. The van der Waals surface area contributed by atoms with Gasteiger partial charge in [0, 0.05) is 79.3 Å². The Labute approximate surface area is 578 Å². The summed E-state index contributed by atoms with van der Waals surface area (Å²) in [5.41, 5.74) is 34.6. The molecule has 14 aromatic carbocycles. The Balaban J connectivity index is 0.954. The number of hydrogen-bond donors (Lipinski definition) is 0. The average Bonchev–Trinajstić information content (AvgIpc) is 0.926. The smallest absolute Gasteiger partial charge is 0.256 e. The summed E-state index contributed by atoms with van der Waals surface area (Å²) in [5.74, 6) is 1.66. The summed E-state index contributed by atoms with van der Waals surface area (Å²) in [6.45, 7) is 13.1. The number of hydrogen-bond acceptors (Lipinski definition) is 7. The second-order valence-electron chi connectivity index (χ2n) is 27.1. The van der Waals surface area contributed by atoms with Crippen LogP contribution >= 0.6 is 0 Å². The van der Waals surface area contributed by atoms with E-state index < -0.39 is 0 Å². The highest BCUT2D eigenvalue weighted by molar-refractivity contribution is 7.02. The average molecular weight is 1270 g/mol. The molecule has 7 nitrogen and oxygen atoms in total. The molecule has 99 heavy (non-hydrogen) atoms. The van der Waals surface area contributed by atoms with Crippen LogP contribution < -0.4 is 62.0 Å². The Kier molecular flexibility index (Phi) is 13.4. The normalized spacial score (nSPS) is 12.9. The number of para-hydroxylation sites is 8. The third-order valence-corrected chi connectivity index (χ3v) is 20.9. The van der Waals surface area contributed by atoms with Crippen LogP contribution in [0.4, 0.5) is 85.3 Å². The first-order valence-electron chi connectivity index (χ1n) is 34.4. The van der Waals surface area contributed by atoms with Crippen molar-refractivity contribution in [1.29, 1.82) is 0 Å². The van der Waals surface area contributed by atoms with Gasteiger partial charge in [0.05, 0.1) is 28.4 Å². The Morgan fingerprint density at radius 3 is 1.47 bits per heavy atom. The number of furan rings is 1. The van der Waals surface area contributed by atoms with Gasteiger partial charge in [-0.05, 0) is 205 Å². The summed E-state index contributed by atoms with van der Waals surface area (Å²) in [6, 6.07) is 110. The highest BCUT2D eigenvalue weighted by Gasteiger charge is 2.49. The van der Waals surface area contributed by atoms with Gasteiger partial charge in [-0.1, -0.05) is 199 Å². The molecule has 1 aromatic heterocycles. The van der Waals surface area contributed by atoms with E-state index in [4.69, 9.17) is 9.15 Å². The maximum absolute atomic E-state index is 7.46. The molecule has 15 aromatic rings. The Hall–Kier alpha value is -12.2. The molecule has 470 valence electrons. The summed E-state index contributed by atoms with van der Waals surface area (Å²) in [4.78, 5) is 12.7. The van der Waals surface area contributed by atoms with Crippen LogP contribution in [-0.2, 0) is 0 Å². The molecule has 0 N–H and O–H groups in total. The van der Waals surface area contributed by atoms with E-state index in [1.165, 1.54) is 60.9 Å². The van der Waals surface area contributed by atoms with E-state index in [9.17, 15) is 0 Å². The monoisotopic (exact) mass is 1270 g/mol. The fraction of sp³-hybridized carbons (Fsp3) is 0.0667. The van der Waals surface area contributed by atoms with E-state index in [2.05, 4.69) is 363 Å². The first-order valence-corrected chi connectivity index (χ1v) is 34.4. The first kappa shape index (κ1) is 58.2. The van der Waals surface area contributed by atoms with Gasteiger partial charge < -0.3 is 33.7 Å². The summed E-state index contributed by atoms with van der Waals surface area (Å²) < 4.78 is 14.2. The van der Waals surface area contributed by atoms with Gasteiger partial charge in [0.25, 0.3) is 13.4 Å². The van der Waals surface area contributed by atoms with Crippen molar-refractivity contribution in [3.8, 4) is 22.6 Å². The topological polar surface area (TPSA) is 38.6 Å². The Morgan fingerprint density at radius 2 is 0.798 bits per heavy atom. The first-order chi connectivity index (χ1) is 48.6. The lowest BCUT2D eigenvalue weighted by Crippen LogP contribution is -2.64. The van der Waals surface area contributed by atoms with E-state index >= 15 is 0 Å². The number of ether oxygens (including phenoxy) is 1. The second kappa shape index (κ2) is 22.7. The van der Waals surface area contributed by atoms with Crippen molar-refractivity contribution in [1.82, 2.24) is 0 Å². The molecule has 0 radical (unpaired) electrons. The van der Waals surface area contributed by atoms with E-state index in [0.717, 1.165) is 135 Å². The molecule has 0 aliphatic carbocycles. The molecular formula is C90H67B2N5O2. The van der Waals surface area contributed by atoms with Gasteiger partial charge in [-0.25, -0.2) is 0 Å². The van der Waals surface area contributed by atoms with Crippen molar-refractivity contribution in [2.24, 2.45) is 0 Å². The van der Waals surface area contributed by atoms with Crippen molar-refractivity contribution in [3.63, 3.8) is 0 Å². The Morgan fingerprint density at radius 1 is 0.303 bits per heavy atom. The molecule has 0 saturated carbocycles. The van der Waals surface area contributed by atoms with E-state index in [1.807, 2.05) is 0 Å². The van der Waals surface area contributed by atoms with Gasteiger partial charge in [-0.3, -0.25) is 0 Å². The lowest BCUT2D eigenvalue weighted by molar-refractivity contribution is 0.487. The fourth-order valence-electron chi connectivity index (χ4n) is 17.3. The highest BCUT2D eigenvalue weighted by atomic mass is 16.5. The molecule has 0 amide bonds. The number of fused-ring (bicyclic) bond motifs is 11. The maximum atomic E-state index is 7.46. The summed E-state index contributed by atoms with van der Waals surface area (Å²) in [5, 5.41) is 2.15. The van der Waals surface area contributed by atoms with Crippen LogP contribution in [0.25, 0.3) is 33.1 Å².